The normalized spacial score (nSPS) is 18.3. The van der Waals surface area contributed by atoms with Gasteiger partial charge in [-0.2, -0.15) is 0 Å². The zero-order valence-electron chi connectivity index (χ0n) is 23.3. The fraction of sp³-hybridized carbons (Fsp3) is 0.500. The summed E-state index contributed by atoms with van der Waals surface area (Å²) in [5, 5.41) is 11.4. The Balaban J connectivity index is 1.37. The number of rotatable bonds is 11. The summed E-state index contributed by atoms with van der Waals surface area (Å²) < 4.78 is 25.7. The Hall–Kier alpha value is -3.07. The second kappa shape index (κ2) is 12.7. The van der Waals surface area contributed by atoms with Crippen LogP contribution in [-0.4, -0.2) is 71.8 Å². The molecule has 0 radical (unpaired) electrons. The predicted molar refractivity (Wildman–Crippen MR) is 147 cm³/mol. The van der Waals surface area contributed by atoms with Crippen LogP contribution >= 0.6 is 0 Å². The molecule has 0 bridgehead atoms. The number of hydrogen-bond donors (Lipinski definition) is 1. The molecule has 4 rings (SSSR count). The van der Waals surface area contributed by atoms with Gasteiger partial charge in [0.2, 0.25) is 0 Å². The summed E-state index contributed by atoms with van der Waals surface area (Å²) in [7, 11) is 1.65. The van der Waals surface area contributed by atoms with Crippen molar-refractivity contribution in [1.29, 1.82) is 0 Å². The molecule has 0 spiro atoms. The molecule has 1 unspecified atom stereocenters. The molecule has 0 saturated carbocycles. The number of imidazole rings is 1. The number of aryl methyl sites for hydroxylation is 4. The van der Waals surface area contributed by atoms with Gasteiger partial charge in [-0.25, -0.2) is 4.98 Å². The molecule has 8 nitrogen and oxygen atoms in total. The van der Waals surface area contributed by atoms with E-state index in [1.165, 1.54) is 5.56 Å². The third kappa shape index (κ3) is 7.28. The molecule has 1 atom stereocenters. The van der Waals surface area contributed by atoms with Gasteiger partial charge in [-0.15, -0.1) is 0 Å². The molecular weight excluding hydrogens is 482 g/mol. The Labute approximate surface area is 226 Å². The van der Waals surface area contributed by atoms with E-state index in [0.29, 0.717) is 32.1 Å². The SMILES string of the molecule is COc1ccc(CN2CCOCC(O)(COc3cc(C)cc(C)c3C)C2)cc1OCCCn1ccnc1C. The minimum absolute atomic E-state index is 0.167. The Morgan fingerprint density at radius 3 is 2.66 bits per heavy atom. The van der Waals surface area contributed by atoms with Gasteiger partial charge < -0.3 is 28.6 Å². The molecule has 0 amide bonds. The number of aliphatic hydroxyl groups is 1. The molecule has 1 fully saturated rings. The van der Waals surface area contributed by atoms with Crippen LogP contribution in [0.3, 0.4) is 0 Å². The molecule has 2 heterocycles. The number of benzene rings is 2. The lowest BCUT2D eigenvalue weighted by Crippen LogP contribution is -2.48. The predicted octanol–water partition coefficient (Wildman–Crippen LogP) is 4.24. The molecule has 38 heavy (non-hydrogen) atoms. The highest BCUT2D eigenvalue weighted by atomic mass is 16.5. The third-order valence-corrected chi connectivity index (χ3v) is 7.06. The molecule has 1 N–H and O–H groups in total. The van der Waals surface area contributed by atoms with Crippen molar-refractivity contribution >= 4 is 0 Å². The third-order valence-electron chi connectivity index (χ3n) is 7.06. The molecular formula is C30H41N3O5. The second-order valence-corrected chi connectivity index (χ2v) is 10.3. The molecule has 1 saturated heterocycles. The number of aromatic nitrogens is 2. The smallest absolute Gasteiger partial charge is 0.161 e. The quantitative estimate of drug-likeness (QED) is 0.377. The highest BCUT2D eigenvalue weighted by Gasteiger charge is 2.34. The van der Waals surface area contributed by atoms with Gasteiger partial charge in [0, 0.05) is 38.6 Å². The van der Waals surface area contributed by atoms with Crippen molar-refractivity contribution in [2.45, 2.75) is 52.8 Å². The lowest BCUT2D eigenvalue weighted by Gasteiger charge is -2.31. The molecule has 1 aromatic heterocycles. The van der Waals surface area contributed by atoms with Gasteiger partial charge in [0.05, 0.1) is 26.9 Å². The van der Waals surface area contributed by atoms with Crippen molar-refractivity contribution in [3.63, 3.8) is 0 Å². The van der Waals surface area contributed by atoms with E-state index < -0.39 is 5.60 Å². The first kappa shape index (κ1) is 28.0. The number of nitrogens with zero attached hydrogens (tertiary/aromatic N) is 3. The first-order valence-corrected chi connectivity index (χ1v) is 13.3. The molecule has 1 aliphatic heterocycles. The maximum Gasteiger partial charge on any atom is 0.161 e. The van der Waals surface area contributed by atoms with Gasteiger partial charge in [-0.3, -0.25) is 4.90 Å². The Morgan fingerprint density at radius 2 is 1.89 bits per heavy atom. The monoisotopic (exact) mass is 523 g/mol. The lowest BCUT2D eigenvalue weighted by atomic mass is 10.0. The highest BCUT2D eigenvalue weighted by Crippen LogP contribution is 2.30. The van der Waals surface area contributed by atoms with Crippen molar-refractivity contribution in [1.82, 2.24) is 14.5 Å². The van der Waals surface area contributed by atoms with E-state index in [4.69, 9.17) is 18.9 Å². The van der Waals surface area contributed by atoms with E-state index in [0.717, 1.165) is 53.5 Å². The van der Waals surface area contributed by atoms with Crippen molar-refractivity contribution in [2.75, 3.05) is 46.6 Å². The van der Waals surface area contributed by atoms with Gasteiger partial charge in [-0.1, -0.05) is 12.1 Å². The summed E-state index contributed by atoms with van der Waals surface area (Å²) in [6.45, 7) is 12.4. The van der Waals surface area contributed by atoms with Crippen molar-refractivity contribution < 1.29 is 24.1 Å². The van der Waals surface area contributed by atoms with E-state index in [1.807, 2.05) is 50.5 Å². The first-order valence-electron chi connectivity index (χ1n) is 13.3. The zero-order chi connectivity index (χ0) is 27.1. The maximum absolute atomic E-state index is 11.4. The van der Waals surface area contributed by atoms with Gasteiger partial charge in [0.15, 0.2) is 11.5 Å². The summed E-state index contributed by atoms with van der Waals surface area (Å²) in [6, 6.07) is 10.2. The average molecular weight is 524 g/mol. The minimum atomic E-state index is -1.11. The van der Waals surface area contributed by atoms with Crippen LogP contribution in [0, 0.1) is 27.7 Å². The van der Waals surface area contributed by atoms with Gasteiger partial charge in [0.25, 0.3) is 0 Å². The summed E-state index contributed by atoms with van der Waals surface area (Å²) in [5.74, 6) is 3.25. The molecule has 1 aliphatic rings. The molecule has 2 aromatic carbocycles. The summed E-state index contributed by atoms with van der Waals surface area (Å²) in [6.07, 6.45) is 4.66. The zero-order valence-corrected chi connectivity index (χ0v) is 23.3. The maximum atomic E-state index is 11.4. The fourth-order valence-electron chi connectivity index (χ4n) is 4.83. The van der Waals surface area contributed by atoms with Crippen molar-refractivity contribution in [3.8, 4) is 17.2 Å². The Kier molecular flexibility index (Phi) is 9.31. The topological polar surface area (TPSA) is 78.2 Å². The number of hydrogen-bond acceptors (Lipinski definition) is 7. The summed E-state index contributed by atoms with van der Waals surface area (Å²) in [4.78, 5) is 6.47. The van der Waals surface area contributed by atoms with E-state index in [-0.39, 0.29) is 13.2 Å². The van der Waals surface area contributed by atoms with Crippen LogP contribution in [0.15, 0.2) is 42.7 Å². The molecule has 3 aromatic rings. The van der Waals surface area contributed by atoms with E-state index in [2.05, 4.69) is 34.4 Å². The van der Waals surface area contributed by atoms with Crippen LogP contribution in [0.1, 0.15) is 34.5 Å². The largest absolute Gasteiger partial charge is 0.493 e. The lowest BCUT2D eigenvalue weighted by molar-refractivity contribution is -0.0648. The van der Waals surface area contributed by atoms with E-state index >= 15 is 0 Å². The second-order valence-electron chi connectivity index (χ2n) is 10.3. The van der Waals surface area contributed by atoms with E-state index in [1.54, 1.807) is 7.11 Å². The summed E-state index contributed by atoms with van der Waals surface area (Å²) in [5.41, 5.74) is 3.39. The number of methoxy groups -OCH3 is 1. The molecule has 0 aliphatic carbocycles. The van der Waals surface area contributed by atoms with Crippen LogP contribution in [0.4, 0.5) is 0 Å². The Bertz CT molecular complexity index is 1210. The molecule has 206 valence electrons. The van der Waals surface area contributed by atoms with Crippen LogP contribution in [0.5, 0.6) is 17.2 Å². The van der Waals surface area contributed by atoms with Gasteiger partial charge >= 0.3 is 0 Å². The summed E-state index contributed by atoms with van der Waals surface area (Å²) >= 11 is 0. The molecule has 8 heteroatoms. The van der Waals surface area contributed by atoms with Crippen LogP contribution in [-0.2, 0) is 17.8 Å². The van der Waals surface area contributed by atoms with Gasteiger partial charge in [-0.05, 0) is 74.6 Å². The van der Waals surface area contributed by atoms with Crippen molar-refractivity contribution in [3.05, 3.63) is 70.8 Å². The van der Waals surface area contributed by atoms with Gasteiger partial charge in [0.1, 0.15) is 23.8 Å². The van der Waals surface area contributed by atoms with Crippen LogP contribution in [0.25, 0.3) is 0 Å². The highest BCUT2D eigenvalue weighted by molar-refractivity contribution is 5.43. The average Bonchev–Trinajstić information content (AvgIpc) is 3.20. The van der Waals surface area contributed by atoms with Crippen molar-refractivity contribution in [2.24, 2.45) is 0 Å². The minimum Gasteiger partial charge on any atom is -0.493 e. The standard InChI is InChI=1S/C30H41N3O5/c1-22-15-23(2)24(3)28(16-22)38-21-30(34)19-32(12-14-36-20-30)18-26-7-8-27(35-5)29(17-26)37-13-6-10-33-11-9-31-25(33)4/h7-9,11,15-17,34H,6,10,12-14,18-21H2,1-5H3. The van der Waals surface area contributed by atoms with Crippen LogP contribution < -0.4 is 14.2 Å². The number of β-amino-alcohol motifs (C(OH)–C–C–N with tert-alkyl or cyclic N) is 1. The van der Waals surface area contributed by atoms with Crippen LogP contribution in [0.2, 0.25) is 0 Å². The fourth-order valence-corrected chi connectivity index (χ4v) is 4.83. The Morgan fingerprint density at radius 1 is 1.05 bits per heavy atom. The van der Waals surface area contributed by atoms with E-state index in [9.17, 15) is 5.11 Å². The first-order chi connectivity index (χ1) is 18.3. The number of ether oxygens (including phenoxy) is 4.